The van der Waals surface area contributed by atoms with Gasteiger partial charge in [-0.3, -0.25) is 4.79 Å². The van der Waals surface area contributed by atoms with Gasteiger partial charge in [-0.15, -0.1) is 0 Å². The average molecular weight is 284 g/mol. The van der Waals surface area contributed by atoms with Crippen LogP contribution in [0.3, 0.4) is 0 Å². The summed E-state index contributed by atoms with van der Waals surface area (Å²) in [7, 11) is 0. The molecule has 0 saturated heterocycles. The van der Waals surface area contributed by atoms with E-state index in [0.717, 1.165) is 0 Å². The third-order valence-electron chi connectivity index (χ3n) is 3.52. The Morgan fingerprint density at radius 2 is 1.95 bits per heavy atom. The van der Waals surface area contributed by atoms with Crippen LogP contribution in [0.15, 0.2) is 53.7 Å². The molecule has 106 valence electrons. The fourth-order valence-corrected chi connectivity index (χ4v) is 2.50. The Morgan fingerprint density at radius 3 is 2.67 bits per heavy atom. The molecule has 1 aliphatic heterocycles. The molecule has 2 aromatic rings. The second kappa shape index (κ2) is 5.36. The van der Waals surface area contributed by atoms with Crippen molar-refractivity contribution in [3.63, 3.8) is 0 Å². The van der Waals surface area contributed by atoms with Crippen LogP contribution in [-0.4, -0.2) is 23.4 Å². The highest BCUT2D eigenvalue weighted by molar-refractivity contribution is 6.14. The van der Waals surface area contributed by atoms with Crippen LogP contribution >= 0.6 is 0 Å². The Morgan fingerprint density at radius 1 is 1.19 bits per heavy atom. The molecule has 0 unspecified atom stereocenters. The molecule has 0 aliphatic carbocycles. The first-order valence-corrected chi connectivity index (χ1v) is 6.58. The highest BCUT2D eigenvalue weighted by Gasteiger charge is 2.27. The van der Waals surface area contributed by atoms with Gasteiger partial charge in [0.1, 0.15) is 5.82 Å². The molecule has 3 rings (SSSR count). The summed E-state index contributed by atoms with van der Waals surface area (Å²) in [4.78, 5) is 14.2. The zero-order chi connectivity index (χ0) is 14.8. The number of fused-ring (bicyclic) bond motifs is 1. The van der Waals surface area contributed by atoms with Crippen LogP contribution in [0.4, 0.5) is 10.1 Å². The number of amides is 1. The van der Waals surface area contributed by atoms with Gasteiger partial charge in [0.15, 0.2) is 0 Å². The molecule has 0 bridgehead atoms. The zero-order valence-corrected chi connectivity index (χ0v) is 11.2. The van der Waals surface area contributed by atoms with E-state index in [0.29, 0.717) is 35.5 Å². The minimum absolute atomic E-state index is 0.152. The van der Waals surface area contributed by atoms with E-state index in [-0.39, 0.29) is 5.91 Å². The highest BCUT2D eigenvalue weighted by atomic mass is 19.1. The smallest absolute Gasteiger partial charge is 0.258 e. The lowest BCUT2D eigenvalue weighted by molar-refractivity contribution is 0.0987. The SMILES string of the molecule is O=C(c1ccccc1)N1CCC(=NO)c2cc(F)ccc21. The van der Waals surface area contributed by atoms with Crippen molar-refractivity contribution in [1.82, 2.24) is 0 Å². The Labute approximate surface area is 121 Å². The molecule has 21 heavy (non-hydrogen) atoms. The quantitative estimate of drug-likeness (QED) is 0.646. The molecule has 0 fully saturated rings. The first-order chi connectivity index (χ1) is 10.2. The summed E-state index contributed by atoms with van der Waals surface area (Å²) in [5.41, 5.74) is 1.97. The van der Waals surface area contributed by atoms with E-state index in [4.69, 9.17) is 5.21 Å². The second-order valence-electron chi connectivity index (χ2n) is 4.78. The van der Waals surface area contributed by atoms with Crippen LogP contribution in [0.1, 0.15) is 22.3 Å². The van der Waals surface area contributed by atoms with Gasteiger partial charge in [0.2, 0.25) is 0 Å². The van der Waals surface area contributed by atoms with Crippen molar-refractivity contribution >= 4 is 17.3 Å². The van der Waals surface area contributed by atoms with Gasteiger partial charge in [0.05, 0.1) is 11.4 Å². The van der Waals surface area contributed by atoms with E-state index in [1.807, 2.05) is 6.07 Å². The number of hydrogen-bond donors (Lipinski definition) is 1. The first-order valence-electron chi connectivity index (χ1n) is 6.58. The van der Waals surface area contributed by atoms with Gasteiger partial charge >= 0.3 is 0 Å². The van der Waals surface area contributed by atoms with Crippen molar-refractivity contribution in [2.75, 3.05) is 11.4 Å². The lowest BCUT2D eigenvalue weighted by Gasteiger charge is -2.29. The van der Waals surface area contributed by atoms with Crippen molar-refractivity contribution < 1.29 is 14.4 Å². The van der Waals surface area contributed by atoms with Crippen LogP contribution in [0.25, 0.3) is 0 Å². The number of benzene rings is 2. The molecule has 1 amide bonds. The van der Waals surface area contributed by atoms with Crippen LogP contribution < -0.4 is 4.90 Å². The van der Waals surface area contributed by atoms with Crippen molar-refractivity contribution in [2.45, 2.75) is 6.42 Å². The fraction of sp³-hybridized carbons (Fsp3) is 0.125. The third-order valence-corrected chi connectivity index (χ3v) is 3.52. The lowest BCUT2D eigenvalue weighted by Crippen LogP contribution is -2.37. The van der Waals surface area contributed by atoms with Gasteiger partial charge in [0.25, 0.3) is 5.91 Å². The number of oxime groups is 1. The summed E-state index contributed by atoms with van der Waals surface area (Å²) < 4.78 is 13.4. The number of nitrogens with zero attached hydrogens (tertiary/aromatic N) is 2. The maximum atomic E-state index is 13.4. The zero-order valence-electron chi connectivity index (χ0n) is 11.2. The molecule has 0 atom stereocenters. The van der Waals surface area contributed by atoms with Crippen molar-refractivity contribution in [3.05, 3.63) is 65.5 Å². The largest absolute Gasteiger partial charge is 0.411 e. The Hall–Kier alpha value is -2.69. The Kier molecular flexibility index (Phi) is 3.39. The number of anilines is 1. The Bertz CT molecular complexity index is 713. The summed E-state index contributed by atoms with van der Waals surface area (Å²) in [5.74, 6) is -0.579. The second-order valence-corrected chi connectivity index (χ2v) is 4.78. The van der Waals surface area contributed by atoms with Crippen LogP contribution in [-0.2, 0) is 0 Å². The van der Waals surface area contributed by atoms with Crippen molar-refractivity contribution in [3.8, 4) is 0 Å². The minimum atomic E-state index is -0.427. The standard InChI is InChI=1S/C16H13FN2O2/c17-12-6-7-15-13(10-12)14(18-21)8-9-19(15)16(20)11-4-2-1-3-5-11/h1-7,10,21H,8-9H2. The first kappa shape index (κ1) is 13.3. The van der Waals surface area contributed by atoms with E-state index >= 15 is 0 Å². The number of hydrogen-bond acceptors (Lipinski definition) is 3. The lowest BCUT2D eigenvalue weighted by atomic mass is 9.98. The number of carbonyl (C=O) groups excluding carboxylic acids is 1. The maximum Gasteiger partial charge on any atom is 0.258 e. The number of halogens is 1. The van der Waals surface area contributed by atoms with Gasteiger partial charge in [0, 0.05) is 24.1 Å². The molecule has 1 heterocycles. The van der Waals surface area contributed by atoms with E-state index in [1.165, 1.54) is 18.2 Å². The van der Waals surface area contributed by atoms with Crippen molar-refractivity contribution in [2.24, 2.45) is 5.16 Å². The number of rotatable bonds is 1. The number of carbonyl (C=O) groups is 1. The molecule has 1 aliphatic rings. The molecule has 0 saturated carbocycles. The fourth-order valence-electron chi connectivity index (χ4n) is 2.50. The van der Waals surface area contributed by atoms with E-state index < -0.39 is 5.82 Å². The molecule has 5 heteroatoms. The molecule has 0 aromatic heterocycles. The maximum absolute atomic E-state index is 13.4. The topological polar surface area (TPSA) is 52.9 Å². The Balaban J connectivity index is 2.05. The summed E-state index contributed by atoms with van der Waals surface area (Å²) >= 11 is 0. The monoisotopic (exact) mass is 284 g/mol. The summed E-state index contributed by atoms with van der Waals surface area (Å²) in [6, 6.07) is 13.0. The molecule has 1 N–H and O–H groups in total. The molecule has 2 aromatic carbocycles. The predicted molar refractivity (Wildman–Crippen MR) is 77.5 cm³/mol. The molecule has 0 spiro atoms. The molecule has 4 nitrogen and oxygen atoms in total. The van der Waals surface area contributed by atoms with Gasteiger partial charge in [-0.05, 0) is 30.3 Å². The summed E-state index contributed by atoms with van der Waals surface area (Å²) in [6.07, 6.45) is 0.380. The minimum Gasteiger partial charge on any atom is -0.411 e. The molecular weight excluding hydrogens is 271 g/mol. The third kappa shape index (κ3) is 2.38. The normalized spacial score (nSPS) is 15.9. The van der Waals surface area contributed by atoms with E-state index in [2.05, 4.69) is 5.16 Å². The van der Waals surface area contributed by atoms with Gasteiger partial charge < -0.3 is 10.1 Å². The summed E-state index contributed by atoms with van der Waals surface area (Å²) in [6.45, 7) is 0.395. The van der Waals surface area contributed by atoms with Crippen molar-refractivity contribution in [1.29, 1.82) is 0 Å². The van der Waals surface area contributed by atoms with Crippen LogP contribution in [0.5, 0.6) is 0 Å². The highest BCUT2D eigenvalue weighted by Crippen LogP contribution is 2.29. The summed E-state index contributed by atoms with van der Waals surface area (Å²) in [5, 5.41) is 12.2. The van der Waals surface area contributed by atoms with E-state index in [1.54, 1.807) is 29.2 Å². The van der Waals surface area contributed by atoms with Gasteiger partial charge in [-0.25, -0.2) is 4.39 Å². The molecular formula is C16H13FN2O2. The van der Waals surface area contributed by atoms with Crippen LogP contribution in [0.2, 0.25) is 0 Å². The van der Waals surface area contributed by atoms with Gasteiger partial charge in [-0.2, -0.15) is 0 Å². The van der Waals surface area contributed by atoms with E-state index in [9.17, 15) is 9.18 Å². The average Bonchev–Trinajstić information content (AvgIpc) is 2.54. The van der Waals surface area contributed by atoms with Crippen LogP contribution in [0, 0.1) is 5.82 Å². The van der Waals surface area contributed by atoms with Gasteiger partial charge in [-0.1, -0.05) is 23.4 Å². The molecule has 0 radical (unpaired) electrons. The predicted octanol–water partition coefficient (Wildman–Crippen LogP) is 3.05.